The van der Waals surface area contributed by atoms with Gasteiger partial charge in [0.25, 0.3) is 0 Å². The van der Waals surface area contributed by atoms with Crippen LogP contribution in [0, 0.1) is 12.7 Å². The highest BCUT2D eigenvalue weighted by Gasteiger charge is 2.05. The van der Waals surface area contributed by atoms with E-state index in [1.807, 2.05) is 6.92 Å². The third-order valence-corrected chi connectivity index (χ3v) is 2.93. The van der Waals surface area contributed by atoms with Gasteiger partial charge in [-0.25, -0.2) is 14.4 Å². The average Bonchev–Trinajstić information content (AvgIpc) is 2.26. The molecule has 0 radical (unpaired) electrons. The van der Waals surface area contributed by atoms with Crippen molar-refractivity contribution in [3.63, 3.8) is 0 Å². The summed E-state index contributed by atoms with van der Waals surface area (Å²) >= 11 is 9.04. The summed E-state index contributed by atoms with van der Waals surface area (Å²) in [7, 11) is 0. The molecule has 1 aromatic heterocycles. The summed E-state index contributed by atoms with van der Waals surface area (Å²) in [5.74, 6) is 0.679. The molecular weight excluding hydrogens is 322 g/mol. The summed E-state index contributed by atoms with van der Waals surface area (Å²) in [6.07, 6.45) is 0. The molecule has 1 heterocycles. The summed E-state index contributed by atoms with van der Waals surface area (Å²) in [4.78, 5) is 8.22. The van der Waals surface area contributed by atoms with Crippen molar-refractivity contribution in [1.29, 1.82) is 0 Å². The van der Waals surface area contributed by atoms with Gasteiger partial charge in [0, 0.05) is 5.69 Å². The van der Waals surface area contributed by atoms with E-state index in [1.165, 1.54) is 18.2 Å². The fraction of sp³-hybridized carbons (Fsp3) is 0.167. The Morgan fingerprint density at radius 3 is 2.78 bits per heavy atom. The lowest BCUT2D eigenvalue weighted by atomic mass is 10.3. The quantitative estimate of drug-likeness (QED) is 0.800. The first kappa shape index (κ1) is 13.2. The third kappa shape index (κ3) is 3.40. The van der Waals surface area contributed by atoms with E-state index in [0.717, 1.165) is 5.69 Å². The Labute approximate surface area is 117 Å². The maximum absolute atomic E-state index is 12.9. The van der Waals surface area contributed by atoms with Crippen molar-refractivity contribution in [2.45, 2.75) is 13.5 Å². The Bertz CT molecular complexity index is 560. The maximum Gasteiger partial charge on any atom is 0.167 e. The molecule has 18 heavy (non-hydrogen) atoms. The van der Waals surface area contributed by atoms with Crippen molar-refractivity contribution in [3.05, 3.63) is 51.2 Å². The van der Waals surface area contributed by atoms with Gasteiger partial charge in [-0.2, -0.15) is 0 Å². The van der Waals surface area contributed by atoms with Crippen LogP contribution in [0.3, 0.4) is 0 Å². The molecule has 3 nitrogen and oxygen atoms in total. The predicted octanol–water partition coefficient (Wildman–Crippen LogP) is 3.92. The molecule has 1 aromatic carbocycles. The smallest absolute Gasteiger partial charge is 0.167 e. The van der Waals surface area contributed by atoms with Gasteiger partial charge >= 0.3 is 0 Å². The van der Waals surface area contributed by atoms with Crippen LogP contribution in [0.25, 0.3) is 0 Å². The summed E-state index contributed by atoms with van der Waals surface area (Å²) in [5.41, 5.74) is 0.770. The van der Waals surface area contributed by atoms with E-state index in [2.05, 4.69) is 25.9 Å². The van der Waals surface area contributed by atoms with Gasteiger partial charge in [-0.05, 0) is 47.1 Å². The highest BCUT2D eigenvalue weighted by Crippen LogP contribution is 2.26. The monoisotopic (exact) mass is 330 g/mol. The minimum atomic E-state index is -0.330. The van der Waals surface area contributed by atoms with Gasteiger partial charge in [0.1, 0.15) is 23.3 Å². The number of hydrogen-bond donors (Lipinski definition) is 0. The number of benzene rings is 1. The number of ether oxygens (including phenoxy) is 1. The average molecular weight is 332 g/mol. The van der Waals surface area contributed by atoms with Gasteiger partial charge in [0.2, 0.25) is 0 Å². The molecule has 0 N–H and O–H groups in total. The van der Waals surface area contributed by atoms with Crippen LogP contribution in [0.1, 0.15) is 11.5 Å². The second kappa shape index (κ2) is 5.63. The number of hydrogen-bond acceptors (Lipinski definition) is 3. The number of nitrogens with zero attached hydrogens (tertiary/aromatic N) is 2. The van der Waals surface area contributed by atoms with Crippen molar-refractivity contribution >= 4 is 27.5 Å². The largest absolute Gasteiger partial charge is 0.484 e. The van der Waals surface area contributed by atoms with E-state index in [4.69, 9.17) is 16.3 Å². The molecule has 0 atom stereocenters. The molecule has 0 spiro atoms. The van der Waals surface area contributed by atoms with Crippen LogP contribution < -0.4 is 4.74 Å². The van der Waals surface area contributed by atoms with E-state index in [0.29, 0.717) is 21.2 Å². The molecular formula is C12H9BrClFN2O. The van der Waals surface area contributed by atoms with Crippen molar-refractivity contribution < 1.29 is 9.13 Å². The van der Waals surface area contributed by atoms with Crippen LogP contribution in [-0.4, -0.2) is 9.97 Å². The van der Waals surface area contributed by atoms with Crippen molar-refractivity contribution in [2.75, 3.05) is 0 Å². The van der Waals surface area contributed by atoms with Crippen LogP contribution in [0.15, 0.2) is 28.7 Å². The van der Waals surface area contributed by atoms with E-state index >= 15 is 0 Å². The Balaban J connectivity index is 2.11. The fourth-order valence-electron chi connectivity index (χ4n) is 1.39. The molecule has 0 unspecified atom stereocenters. The van der Waals surface area contributed by atoms with Crippen molar-refractivity contribution in [1.82, 2.24) is 9.97 Å². The third-order valence-electron chi connectivity index (χ3n) is 2.12. The molecule has 0 fully saturated rings. The predicted molar refractivity (Wildman–Crippen MR) is 70.2 cm³/mol. The number of aromatic nitrogens is 2. The molecule has 2 aromatic rings. The SMILES string of the molecule is Cc1cc(Cl)nc(COc2ccc(F)cc2Br)n1. The van der Waals surface area contributed by atoms with Crippen molar-refractivity contribution in [3.8, 4) is 5.75 Å². The van der Waals surface area contributed by atoms with E-state index in [-0.39, 0.29) is 12.4 Å². The standard InChI is InChI=1S/C12H9BrClFN2O/c1-7-4-11(14)17-12(16-7)6-18-10-3-2-8(15)5-9(10)13/h2-5H,6H2,1H3. The molecule has 0 saturated heterocycles. The molecule has 0 saturated carbocycles. The lowest BCUT2D eigenvalue weighted by Gasteiger charge is -2.07. The molecule has 2 rings (SSSR count). The van der Waals surface area contributed by atoms with Crippen LogP contribution in [0.4, 0.5) is 4.39 Å². The van der Waals surface area contributed by atoms with E-state index < -0.39 is 0 Å². The summed E-state index contributed by atoms with van der Waals surface area (Å²) in [5, 5.41) is 0.374. The maximum atomic E-state index is 12.9. The molecule has 0 aliphatic carbocycles. The van der Waals surface area contributed by atoms with Crippen LogP contribution in [0.5, 0.6) is 5.75 Å². The van der Waals surface area contributed by atoms with Crippen LogP contribution >= 0.6 is 27.5 Å². The lowest BCUT2D eigenvalue weighted by molar-refractivity contribution is 0.293. The normalized spacial score (nSPS) is 10.4. The zero-order valence-electron chi connectivity index (χ0n) is 9.45. The molecule has 6 heteroatoms. The molecule has 94 valence electrons. The Morgan fingerprint density at radius 1 is 1.33 bits per heavy atom. The summed E-state index contributed by atoms with van der Waals surface area (Å²) < 4.78 is 18.9. The summed E-state index contributed by atoms with van der Waals surface area (Å²) in [6, 6.07) is 5.86. The first-order chi connectivity index (χ1) is 8.54. The van der Waals surface area contributed by atoms with Gasteiger partial charge in [-0.15, -0.1) is 0 Å². The first-order valence-corrected chi connectivity index (χ1v) is 6.29. The second-order valence-electron chi connectivity index (χ2n) is 3.61. The topological polar surface area (TPSA) is 35.0 Å². The van der Waals surface area contributed by atoms with E-state index in [9.17, 15) is 4.39 Å². The lowest BCUT2D eigenvalue weighted by Crippen LogP contribution is -2.03. The number of aryl methyl sites for hydroxylation is 1. The molecule has 0 amide bonds. The first-order valence-electron chi connectivity index (χ1n) is 5.12. The van der Waals surface area contributed by atoms with Crippen molar-refractivity contribution in [2.24, 2.45) is 0 Å². The van der Waals surface area contributed by atoms with Gasteiger partial charge < -0.3 is 4.74 Å². The highest BCUT2D eigenvalue weighted by molar-refractivity contribution is 9.10. The number of rotatable bonds is 3. The molecule has 0 aliphatic heterocycles. The van der Waals surface area contributed by atoms with Gasteiger partial charge in [-0.1, -0.05) is 11.6 Å². The van der Waals surface area contributed by atoms with Crippen LogP contribution in [0.2, 0.25) is 5.15 Å². The Hall–Kier alpha value is -1.20. The summed E-state index contributed by atoms with van der Waals surface area (Å²) in [6.45, 7) is 2.00. The highest BCUT2D eigenvalue weighted by atomic mass is 79.9. The number of halogens is 3. The Morgan fingerprint density at radius 2 is 2.11 bits per heavy atom. The molecule has 0 aliphatic rings. The zero-order chi connectivity index (χ0) is 13.1. The Kier molecular flexibility index (Phi) is 4.14. The van der Waals surface area contributed by atoms with Gasteiger partial charge in [0.15, 0.2) is 5.82 Å². The van der Waals surface area contributed by atoms with E-state index in [1.54, 1.807) is 6.07 Å². The molecule has 0 bridgehead atoms. The fourth-order valence-corrected chi connectivity index (χ4v) is 2.11. The zero-order valence-corrected chi connectivity index (χ0v) is 11.8. The van der Waals surface area contributed by atoms with Gasteiger partial charge in [0.05, 0.1) is 4.47 Å². The van der Waals surface area contributed by atoms with Crippen LogP contribution in [-0.2, 0) is 6.61 Å². The minimum Gasteiger partial charge on any atom is -0.484 e. The second-order valence-corrected chi connectivity index (χ2v) is 4.85. The minimum absolute atomic E-state index is 0.172. The van der Waals surface area contributed by atoms with Gasteiger partial charge in [-0.3, -0.25) is 0 Å².